The normalized spacial score (nSPS) is 26.0. The molecule has 96 valence electrons. The fourth-order valence-corrected chi connectivity index (χ4v) is 4.54. The summed E-state index contributed by atoms with van der Waals surface area (Å²) in [5, 5.41) is 0. The fraction of sp³-hybridized carbons (Fsp3) is 0.385. The molecule has 18 heavy (non-hydrogen) atoms. The highest BCUT2D eigenvalue weighted by Crippen LogP contribution is 2.47. The highest BCUT2D eigenvalue weighted by Gasteiger charge is 2.42. The third-order valence-corrected chi connectivity index (χ3v) is 5.29. The van der Waals surface area contributed by atoms with Gasteiger partial charge in [-0.15, -0.1) is 0 Å². The number of hydrogen-bond donors (Lipinski definition) is 0. The molecule has 3 rings (SSSR count). The van der Waals surface area contributed by atoms with Crippen molar-refractivity contribution in [3.05, 3.63) is 40.4 Å². The van der Waals surface area contributed by atoms with Crippen LogP contribution < -0.4 is 4.31 Å². The van der Waals surface area contributed by atoms with Crippen LogP contribution in [-0.4, -0.2) is 20.7 Å². The largest absolute Gasteiger partial charge is 0.263 e. The van der Waals surface area contributed by atoms with Gasteiger partial charge in [-0.05, 0) is 36.6 Å². The number of nitrogens with zero attached hydrogens (tertiary/aromatic N) is 1. The molecule has 1 aliphatic carbocycles. The summed E-state index contributed by atoms with van der Waals surface area (Å²) in [6.45, 7) is 0. The molecule has 0 saturated carbocycles. The molecule has 0 N–H and O–H groups in total. The van der Waals surface area contributed by atoms with E-state index in [2.05, 4.69) is 28.1 Å². The Hall–Kier alpha value is -0.810. The lowest BCUT2D eigenvalue weighted by Crippen LogP contribution is -2.38. The van der Waals surface area contributed by atoms with E-state index in [1.807, 2.05) is 18.2 Å². The van der Waals surface area contributed by atoms with Gasteiger partial charge >= 0.3 is 0 Å². The van der Waals surface area contributed by atoms with E-state index in [1.54, 1.807) is 4.31 Å². The van der Waals surface area contributed by atoms with Crippen molar-refractivity contribution in [1.29, 1.82) is 0 Å². The van der Waals surface area contributed by atoms with Crippen molar-refractivity contribution in [2.45, 2.75) is 24.8 Å². The van der Waals surface area contributed by atoms with Gasteiger partial charge in [0.05, 0.1) is 18.0 Å². The van der Waals surface area contributed by atoms with Crippen LogP contribution in [-0.2, 0) is 10.0 Å². The van der Waals surface area contributed by atoms with Gasteiger partial charge in [0.2, 0.25) is 10.0 Å². The number of sulfonamides is 1. The van der Waals surface area contributed by atoms with Crippen molar-refractivity contribution in [1.82, 2.24) is 0 Å². The van der Waals surface area contributed by atoms with Gasteiger partial charge in [-0.25, -0.2) is 8.42 Å². The monoisotopic (exact) mass is 327 g/mol. The lowest BCUT2D eigenvalue weighted by molar-refractivity contribution is 0.557. The SMILES string of the molecule is CS(=O)(=O)N1c2ccc(Br)cc2C2CCC=CC21. The number of fused-ring (bicyclic) bond motifs is 3. The number of benzene rings is 1. The number of halogens is 1. The number of allylic oxidation sites excluding steroid dienone is 1. The molecule has 1 aromatic rings. The first-order valence-corrected chi connectivity index (χ1v) is 8.58. The van der Waals surface area contributed by atoms with Gasteiger partial charge in [0.15, 0.2) is 0 Å². The van der Waals surface area contributed by atoms with Gasteiger partial charge in [0.25, 0.3) is 0 Å². The molecular formula is C13H14BrNO2S. The highest BCUT2D eigenvalue weighted by atomic mass is 79.9. The minimum Gasteiger partial charge on any atom is -0.263 e. The van der Waals surface area contributed by atoms with Gasteiger partial charge in [-0.1, -0.05) is 28.1 Å². The van der Waals surface area contributed by atoms with Crippen molar-refractivity contribution < 1.29 is 8.42 Å². The van der Waals surface area contributed by atoms with Gasteiger partial charge in [0, 0.05) is 10.4 Å². The first-order valence-electron chi connectivity index (χ1n) is 5.94. The van der Waals surface area contributed by atoms with Gasteiger partial charge in [0.1, 0.15) is 0 Å². The van der Waals surface area contributed by atoms with E-state index in [4.69, 9.17) is 0 Å². The maximum Gasteiger partial charge on any atom is 0.232 e. The minimum absolute atomic E-state index is 0.0435. The zero-order valence-electron chi connectivity index (χ0n) is 10.0. The zero-order valence-corrected chi connectivity index (χ0v) is 12.4. The van der Waals surface area contributed by atoms with E-state index in [-0.39, 0.29) is 12.0 Å². The summed E-state index contributed by atoms with van der Waals surface area (Å²) in [6.07, 6.45) is 7.43. The Labute approximate surface area is 116 Å². The third-order valence-electron chi connectivity index (χ3n) is 3.64. The van der Waals surface area contributed by atoms with E-state index in [0.717, 1.165) is 28.6 Å². The maximum atomic E-state index is 12.0. The highest BCUT2D eigenvalue weighted by molar-refractivity contribution is 9.10. The van der Waals surface area contributed by atoms with E-state index >= 15 is 0 Å². The molecule has 0 bridgehead atoms. The molecule has 2 atom stereocenters. The standard InChI is InChI=1S/C13H14BrNO2S/c1-18(16,17)15-12-5-3-2-4-10(12)11-8-9(14)6-7-13(11)15/h3,5-8,10,12H,2,4H2,1H3. The van der Waals surface area contributed by atoms with Crippen LogP contribution in [0.4, 0.5) is 5.69 Å². The average Bonchev–Trinajstić information content (AvgIpc) is 2.62. The summed E-state index contributed by atoms with van der Waals surface area (Å²) in [5.74, 6) is 0.289. The number of anilines is 1. The Bertz CT molecular complexity index is 624. The van der Waals surface area contributed by atoms with Gasteiger partial charge < -0.3 is 0 Å². The first kappa shape index (κ1) is 12.2. The Morgan fingerprint density at radius 2 is 2.17 bits per heavy atom. The summed E-state index contributed by atoms with van der Waals surface area (Å²) in [4.78, 5) is 0. The van der Waals surface area contributed by atoms with Crippen LogP contribution in [0.2, 0.25) is 0 Å². The maximum absolute atomic E-state index is 12.0. The second kappa shape index (κ2) is 4.10. The van der Waals surface area contributed by atoms with Crippen molar-refractivity contribution in [2.75, 3.05) is 10.6 Å². The zero-order chi connectivity index (χ0) is 12.9. The Balaban J connectivity index is 2.22. The summed E-state index contributed by atoms with van der Waals surface area (Å²) >= 11 is 3.47. The molecule has 3 nitrogen and oxygen atoms in total. The fourth-order valence-electron chi connectivity index (χ4n) is 2.98. The predicted molar refractivity (Wildman–Crippen MR) is 76.4 cm³/mol. The van der Waals surface area contributed by atoms with Crippen LogP contribution in [0.1, 0.15) is 24.3 Å². The van der Waals surface area contributed by atoms with Crippen LogP contribution >= 0.6 is 15.9 Å². The van der Waals surface area contributed by atoms with Crippen LogP contribution in [0.15, 0.2) is 34.8 Å². The van der Waals surface area contributed by atoms with Crippen LogP contribution in [0.5, 0.6) is 0 Å². The van der Waals surface area contributed by atoms with Crippen molar-refractivity contribution in [2.24, 2.45) is 0 Å². The second-order valence-corrected chi connectivity index (χ2v) is 7.64. The lowest BCUT2D eigenvalue weighted by atomic mass is 9.87. The summed E-state index contributed by atoms with van der Waals surface area (Å²) < 4.78 is 26.6. The molecule has 0 aromatic heterocycles. The average molecular weight is 328 g/mol. The Kier molecular flexibility index (Phi) is 2.79. The Morgan fingerprint density at radius 3 is 2.89 bits per heavy atom. The first-order chi connectivity index (χ1) is 8.48. The second-order valence-electron chi connectivity index (χ2n) is 4.86. The molecule has 1 aliphatic heterocycles. The molecule has 2 aliphatic rings. The predicted octanol–water partition coefficient (Wildman–Crippen LogP) is 3.03. The number of rotatable bonds is 1. The molecule has 0 spiro atoms. The molecule has 5 heteroatoms. The molecule has 0 fully saturated rings. The smallest absolute Gasteiger partial charge is 0.232 e. The number of hydrogen-bond acceptors (Lipinski definition) is 2. The van der Waals surface area contributed by atoms with Crippen molar-refractivity contribution in [3.63, 3.8) is 0 Å². The van der Waals surface area contributed by atoms with E-state index < -0.39 is 10.0 Å². The summed E-state index contributed by atoms with van der Waals surface area (Å²) in [6, 6.07) is 5.81. The molecule has 0 saturated heterocycles. The third kappa shape index (κ3) is 1.80. The van der Waals surface area contributed by atoms with Crippen molar-refractivity contribution in [3.8, 4) is 0 Å². The van der Waals surface area contributed by atoms with E-state index in [0.29, 0.717) is 0 Å². The quantitative estimate of drug-likeness (QED) is 0.743. The minimum atomic E-state index is -3.23. The van der Waals surface area contributed by atoms with Gasteiger partial charge in [-0.2, -0.15) is 0 Å². The van der Waals surface area contributed by atoms with Crippen LogP contribution in [0.3, 0.4) is 0 Å². The Morgan fingerprint density at radius 1 is 1.39 bits per heavy atom. The van der Waals surface area contributed by atoms with Crippen molar-refractivity contribution >= 4 is 31.6 Å². The van der Waals surface area contributed by atoms with Gasteiger partial charge in [-0.3, -0.25) is 4.31 Å². The molecular weight excluding hydrogens is 314 g/mol. The molecule has 0 amide bonds. The molecule has 1 aromatic carbocycles. The molecule has 1 heterocycles. The van der Waals surface area contributed by atoms with E-state index in [9.17, 15) is 8.42 Å². The van der Waals surface area contributed by atoms with Crippen LogP contribution in [0, 0.1) is 0 Å². The summed E-state index contributed by atoms with van der Waals surface area (Å²) in [7, 11) is -3.23. The topological polar surface area (TPSA) is 37.4 Å². The van der Waals surface area contributed by atoms with E-state index in [1.165, 1.54) is 6.26 Å². The summed E-state index contributed by atoms with van der Waals surface area (Å²) in [5.41, 5.74) is 1.98. The lowest BCUT2D eigenvalue weighted by Gasteiger charge is -2.28. The van der Waals surface area contributed by atoms with Crippen LogP contribution in [0.25, 0.3) is 0 Å². The molecule has 2 unspecified atom stereocenters. The molecule has 0 radical (unpaired) electrons.